The number of aliphatic carboxylic acids is 1. The Hall–Kier alpha value is -0.760. The largest absolute Gasteiger partial charge is 0.480 e. The third-order valence-electron chi connectivity index (χ3n) is 2.14. The topological polar surface area (TPSA) is 63.3 Å². The van der Waals surface area contributed by atoms with Crippen LogP contribution >= 0.6 is 22.6 Å². The van der Waals surface area contributed by atoms with Crippen LogP contribution in [-0.4, -0.2) is 16.6 Å². The maximum Gasteiger partial charge on any atom is 0.323 e. The molecule has 0 aliphatic rings. The molecule has 3 N–H and O–H groups in total. The maximum atomic E-state index is 13.0. The quantitative estimate of drug-likeness (QED) is 0.652. The van der Waals surface area contributed by atoms with Crippen molar-refractivity contribution < 1.29 is 18.7 Å². The fourth-order valence-corrected chi connectivity index (χ4v) is 1.79. The van der Waals surface area contributed by atoms with Gasteiger partial charge in [0.05, 0.1) is 0 Å². The van der Waals surface area contributed by atoms with E-state index >= 15 is 0 Å². The summed E-state index contributed by atoms with van der Waals surface area (Å²) in [4.78, 5) is 10.8. The summed E-state index contributed by atoms with van der Waals surface area (Å²) < 4.78 is 26.2. The van der Waals surface area contributed by atoms with E-state index in [1.54, 1.807) is 0 Å². The second kappa shape index (κ2) is 4.62. The monoisotopic (exact) mass is 341 g/mol. The Labute approximate surface area is 105 Å². The van der Waals surface area contributed by atoms with E-state index in [4.69, 9.17) is 10.8 Å². The zero-order valence-corrected chi connectivity index (χ0v) is 10.6. The Kier molecular flexibility index (Phi) is 3.84. The van der Waals surface area contributed by atoms with E-state index in [1.165, 1.54) is 6.92 Å². The van der Waals surface area contributed by atoms with Crippen LogP contribution in [0.15, 0.2) is 12.1 Å². The van der Waals surface area contributed by atoms with Crippen molar-refractivity contribution in [2.45, 2.75) is 18.9 Å². The van der Waals surface area contributed by atoms with Gasteiger partial charge in [-0.2, -0.15) is 0 Å². The Bertz CT molecular complexity index is 435. The molecule has 0 fully saturated rings. The second-order valence-electron chi connectivity index (χ2n) is 3.76. The summed E-state index contributed by atoms with van der Waals surface area (Å²) >= 11 is 1.81. The molecule has 0 heterocycles. The van der Waals surface area contributed by atoms with E-state index < -0.39 is 23.1 Å². The lowest BCUT2D eigenvalue weighted by Gasteiger charge is -2.19. The number of hydrogen-bond acceptors (Lipinski definition) is 2. The standard InChI is InChI=1S/C10H10F2INO2/c1-10(14,9(15)16)4-5-2-6(11)7(12)3-8(5)13/h2-3H,4,14H2,1H3,(H,15,16). The molecule has 0 bridgehead atoms. The lowest BCUT2D eigenvalue weighted by atomic mass is 9.94. The van der Waals surface area contributed by atoms with E-state index in [9.17, 15) is 13.6 Å². The van der Waals surface area contributed by atoms with Crippen LogP contribution < -0.4 is 5.73 Å². The SMILES string of the molecule is CC(N)(Cc1cc(F)c(F)cc1I)C(=O)O. The highest BCUT2D eigenvalue weighted by atomic mass is 127. The average molecular weight is 341 g/mol. The zero-order valence-electron chi connectivity index (χ0n) is 8.43. The first kappa shape index (κ1) is 13.3. The van der Waals surface area contributed by atoms with Crippen LogP contribution in [0, 0.1) is 15.2 Å². The molecule has 1 atom stereocenters. The van der Waals surface area contributed by atoms with Crippen LogP contribution in [0.25, 0.3) is 0 Å². The van der Waals surface area contributed by atoms with E-state index in [-0.39, 0.29) is 6.42 Å². The van der Waals surface area contributed by atoms with Gasteiger partial charge in [-0.3, -0.25) is 4.79 Å². The van der Waals surface area contributed by atoms with Crippen LogP contribution in [0.3, 0.4) is 0 Å². The van der Waals surface area contributed by atoms with Gasteiger partial charge < -0.3 is 10.8 Å². The van der Waals surface area contributed by atoms with Gasteiger partial charge >= 0.3 is 5.97 Å². The molecule has 1 aromatic rings. The number of hydrogen-bond donors (Lipinski definition) is 2. The summed E-state index contributed by atoms with van der Waals surface area (Å²) in [7, 11) is 0. The normalized spacial score (nSPS) is 14.6. The molecule has 16 heavy (non-hydrogen) atoms. The van der Waals surface area contributed by atoms with Crippen molar-refractivity contribution in [3.63, 3.8) is 0 Å². The molecule has 6 heteroatoms. The second-order valence-corrected chi connectivity index (χ2v) is 4.92. The predicted molar refractivity (Wildman–Crippen MR) is 63.0 cm³/mol. The highest BCUT2D eigenvalue weighted by Crippen LogP contribution is 2.21. The molecule has 0 saturated heterocycles. The molecule has 0 amide bonds. The number of rotatable bonds is 3. The Balaban J connectivity index is 3.07. The number of nitrogens with two attached hydrogens (primary N) is 1. The Morgan fingerprint density at radius 1 is 1.50 bits per heavy atom. The van der Waals surface area contributed by atoms with Crippen LogP contribution in [0.2, 0.25) is 0 Å². The molecule has 0 aliphatic carbocycles. The summed E-state index contributed by atoms with van der Waals surface area (Å²) in [5.41, 5.74) is 4.42. The van der Waals surface area contributed by atoms with Gasteiger partial charge in [-0.05, 0) is 47.2 Å². The molecule has 1 rings (SSSR count). The maximum absolute atomic E-state index is 13.0. The van der Waals surface area contributed by atoms with Crippen molar-refractivity contribution in [1.82, 2.24) is 0 Å². The van der Waals surface area contributed by atoms with Crippen molar-refractivity contribution in [3.8, 4) is 0 Å². The third-order valence-corrected chi connectivity index (χ3v) is 3.14. The van der Waals surface area contributed by atoms with Gasteiger partial charge in [0.25, 0.3) is 0 Å². The molecule has 1 aromatic carbocycles. The highest BCUT2D eigenvalue weighted by molar-refractivity contribution is 14.1. The van der Waals surface area contributed by atoms with Crippen molar-refractivity contribution >= 4 is 28.6 Å². The average Bonchev–Trinajstić information content (AvgIpc) is 2.13. The van der Waals surface area contributed by atoms with E-state index in [0.717, 1.165) is 12.1 Å². The van der Waals surface area contributed by atoms with Crippen LogP contribution in [-0.2, 0) is 11.2 Å². The molecule has 0 aromatic heterocycles. The summed E-state index contributed by atoms with van der Waals surface area (Å²) in [5, 5.41) is 8.82. The van der Waals surface area contributed by atoms with Crippen LogP contribution in [0.5, 0.6) is 0 Å². The van der Waals surface area contributed by atoms with E-state index in [0.29, 0.717) is 9.13 Å². The third kappa shape index (κ3) is 2.88. The molecule has 1 unspecified atom stereocenters. The van der Waals surface area contributed by atoms with Crippen molar-refractivity contribution in [1.29, 1.82) is 0 Å². The number of benzene rings is 1. The summed E-state index contributed by atoms with van der Waals surface area (Å²) in [6.07, 6.45) is -0.0577. The number of carboxylic acids is 1. The van der Waals surface area contributed by atoms with Crippen molar-refractivity contribution in [2.24, 2.45) is 5.73 Å². The minimum Gasteiger partial charge on any atom is -0.480 e. The van der Waals surface area contributed by atoms with Crippen LogP contribution in [0.1, 0.15) is 12.5 Å². The lowest BCUT2D eigenvalue weighted by Crippen LogP contribution is -2.47. The van der Waals surface area contributed by atoms with Gasteiger partial charge in [-0.15, -0.1) is 0 Å². The van der Waals surface area contributed by atoms with Gasteiger partial charge in [-0.1, -0.05) is 0 Å². The smallest absolute Gasteiger partial charge is 0.323 e. The minimum atomic E-state index is -1.50. The van der Waals surface area contributed by atoms with Crippen molar-refractivity contribution in [3.05, 3.63) is 32.9 Å². The molecule has 0 saturated carbocycles. The zero-order chi connectivity index (χ0) is 12.5. The van der Waals surface area contributed by atoms with Gasteiger partial charge in [0.15, 0.2) is 11.6 Å². The number of carboxylic acid groups (broad SMARTS) is 1. The summed E-state index contributed by atoms with van der Waals surface area (Å²) in [6.45, 7) is 1.33. The van der Waals surface area contributed by atoms with Gasteiger partial charge in [0.2, 0.25) is 0 Å². The minimum absolute atomic E-state index is 0.0577. The molecule has 0 aliphatic heterocycles. The van der Waals surface area contributed by atoms with Gasteiger partial charge in [0.1, 0.15) is 5.54 Å². The fourth-order valence-electron chi connectivity index (χ4n) is 1.17. The highest BCUT2D eigenvalue weighted by Gasteiger charge is 2.29. The molecule has 0 radical (unpaired) electrons. The van der Waals surface area contributed by atoms with Crippen molar-refractivity contribution in [2.75, 3.05) is 0 Å². The number of halogens is 3. The first-order chi connectivity index (χ1) is 7.24. The molecule has 88 valence electrons. The van der Waals surface area contributed by atoms with E-state index in [1.807, 2.05) is 22.6 Å². The molecular formula is C10H10F2INO2. The first-order valence-electron chi connectivity index (χ1n) is 4.40. The fraction of sp³-hybridized carbons (Fsp3) is 0.300. The molecule has 0 spiro atoms. The van der Waals surface area contributed by atoms with Crippen LogP contribution in [0.4, 0.5) is 8.78 Å². The first-order valence-corrected chi connectivity index (χ1v) is 5.47. The van der Waals surface area contributed by atoms with Gasteiger partial charge in [-0.25, -0.2) is 8.78 Å². The number of carbonyl (C=O) groups is 1. The molecular weight excluding hydrogens is 331 g/mol. The summed E-state index contributed by atoms with van der Waals surface area (Å²) in [5.74, 6) is -3.15. The summed E-state index contributed by atoms with van der Waals surface area (Å²) in [6, 6.07) is 1.99. The predicted octanol–water partition coefficient (Wildman–Crippen LogP) is 1.91. The van der Waals surface area contributed by atoms with Gasteiger partial charge in [0, 0.05) is 9.99 Å². The van der Waals surface area contributed by atoms with E-state index in [2.05, 4.69) is 0 Å². The Morgan fingerprint density at radius 2 is 2.00 bits per heavy atom. The molecule has 3 nitrogen and oxygen atoms in total. The lowest BCUT2D eigenvalue weighted by molar-refractivity contribution is -0.142. The Morgan fingerprint density at radius 3 is 2.50 bits per heavy atom.